The second kappa shape index (κ2) is 7.83. The molecule has 3 atom stereocenters. The zero-order valence-corrected chi connectivity index (χ0v) is 18.2. The lowest BCUT2D eigenvalue weighted by atomic mass is 9.90. The number of hydrogen-bond acceptors (Lipinski definition) is 5. The van der Waals surface area contributed by atoms with E-state index >= 15 is 0 Å². The van der Waals surface area contributed by atoms with Crippen LogP contribution >= 0.6 is 15.9 Å². The molecular formula is C24H19BrN2O4. The maximum Gasteiger partial charge on any atom is 0.266 e. The number of hydroxylamine groups is 1. The van der Waals surface area contributed by atoms with Crippen molar-refractivity contribution >= 4 is 39.1 Å². The maximum absolute atomic E-state index is 13.6. The number of fused-ring (bicyclic) bond motifs is 1. The second-order valence-corrected chi connectivity index (χ2v) is 8.34. The molecule has 2 saturated heterocycles. The van der Waals surface area contributed by atoms with Crippen molar-refractivity contribution in [2.45, 2.75) is 12.1 Å². The van der Waals surface area contributed by atoms with Gasteiger partial charge in [-0.1, -0.05) is 52.3 Å². The van der Waals surface area contributed by atoms with E-state index in [1.165, 1.54) is 4.90 Å². The number of rotatable bonds is 4. The van der Waals surface area contributed by atoms with Crippen molar-refractivity contribution in [2.24, 2.45) is 5.92 Å². The fraction of sp³-hybridized carbons (Fsp3) is 0.167. The number of halogens is 1. The van der Waals surface area contributed by atoms with E-state index in [4.69, 9.17) is 9.57 Å². The van der Waals surface area contributed by atoms with Crippen molar-refractivity contribution in [3.05, 3.63) is 88.9 Å². The molecule has 2 aliphatic heterocycles. The lowest BCUT2D eigenvalue weighted by Gasteiger charge is -2.29. The molecule has 2 amide bonds. The van der Waals surface area contributed by atoms with Gasteiger partial charge in [0.1, 0.15) is 11.7 Å². The molecule has 31 heavy (non-hydrogen) atoms. The quantitative estimate of drug-likeness (QED) is 0.516. The van der Waals surface area contributed by atoms with Crippen LogP contribution in [0.3, 0.4) is 0 Å². The molecule has 2 aliphatic rings. The highest BCUT2D eigenvalue weighted by Gasteiger charge is 2.60. The first kappa shape index (κ1) is 19.8. The summed E-state index contributed by atoms with van der Waals surface area (Å²) in [4.78, 5) is 34.3. The third kappa shape index (κ3) is 3.30. The Labute approximate surface area is 188 Å². The average molecular weight is 479 g/mol. The van der Waals surface area contributed by atoms with Crippen LogP contribution < -0.4 is 14.7 Å². The van der Waals surface area contributed by atoms with E-state index in [1.807, 2.05) is 54.6 Å². The van der Waals surface area contributed by atoms with Crippen LogP contribution in [0, 0.1) is 5.92 Å². The Morgan fingerprint density at radius 1 is 0.871 bits per heavy atom. The number of para-hydroxylation sites is 1. The van der Waals surface area contributed by atoms with Crippen LogP contribution in [0.4, 0.5) is 11.4 Å². The molecule has 3 aromatic carbocycles. The highest BCUT2D eigenvalue weighted by atomic mass is 79.9. The monoisotopic (exact) mass is 478 g/mol. The van der Waals surface area contributed by atoms with Gasteiger partial charge < -0.3 is 4.74 Å². The summed E-state index contributed by atoms with van der Waals surface area (Å²) in [5.74, 6) is -0.757. The van der Waals surface area contributed by atoms with Gasteiger partial charge in [-0.05, 0) is 42.0 Å². The minimum absolute atomic E-state index is 0.286. The third-order valence-electron chi connectivity index (χ3n) is 5.63. The third-order valence-corrected chi connectivity index (χ3v) is 6.12. The van der Waals surface area contributed by atoms with Gasteiger partial charge in [0.25, 0.3) is 5.91 Å². The van der Waals surface area contributed by atoms with Crippen molar-refractivity contribution in [1.82, 2.24) is 0 Å². The number of carbonyl (C=O) groups is 2. The summed E-state index contributed by atoms with van der Waals surface area (Å²) in [5, 5.41) is 1.69. The first-order chi connectivity index (χ1) is 15.1. The molecule has 156 valence electrons. The number of hydrogen-bond donors (Lipinski definition) is 0. The Morgan fingerprint density at radius 3 is 2.35 bits per heavy atom. The fourth-order valence-corrected chi connectivity index (χ4v) is 4.66. The number of imide groups is 1. The molecule has 0 aliphatic carbocycles. The summed E-state index contributed by atoms with van der Waals surface area (Å²) in [6.45, 7) is 0. The van der Waals surface area contributed by atoms with Gasteiger partial charge >= 0.3 is 0 Å². The Balaban J connectivity index is 1.58. The Hall–Kier alpha value is -3.16. The van der Waals surface area contributed by atoms with Crippen molar-refractivity contribution in [1.29, 1.82) is 0 Å². The zero-order valence-electron chi connectivity index (χ0n) is 16.6. The molecule has 7 heteroatoms. The number of ether oxygens (including phenoxy) is 1. The van der Waals surface area contributed by atoms with Crippen LogP contribution in [0.1, 0.15) is 11.6 Å². The van der Waals surface area contributed by atoms with Crippen LogP contribution in [-0.4, -0.2) is 25.0 Å². The van der Waals surface area contributed by atoms with Gasteiger partial charge in [-0.3, -0.25) is 14.4 Å². The van der Waals surface area contributed by atoms with Gasteiger partial charge in [-0.25, -0.2) is 9.96 Å². The Bertz CT molecular complexity index is 1150. The summed E-state index contributed by atoms with van der Waals surface area (Å²) < 4.78 is 6.16. The van der Waals surface area contributed by atoms with Crippen LogP contribution in [-0.2, 0) is 14.4 Å². The number of nitrogens with zero attached hydrogens (tertiary/aromatic N) is 2. The van der Waals surface area contributed by atoms with Crippen molar-refractivity contribution in [2.75, 3.05) is 17.1 Å². The van der Waals surface area contributed by atoms with E-state index in [1.54, 1.807) is 36.4 Å². The van der Waals surface area contributed by atoms with Gasteiger partial charge in [-0.2, -0.15) is 0 Å². The van der Waals surface area contributed by atoms with E-state index < -0.39 is 18.1 Å². The normalized spacial score (nSPS) is 22.7. The topological polar surface area (TPSA) is 59.1 Å². The molecule has 0 N–H and O–H groups in total. The average Bonchev–Trinajstić information content (AvgIpc) is 3.30. The molecule has 6 nitrogen and oxygen atoms in total. The van der Waals surface area contributed by atoms with Gasteiger partial charge in [0.05, 0.1) is 24.5 Å². The fourth-order valence-electron chi connectivity index (χ4n) is 4.25. The lowest BCUT2D eigenvalue weighted by molar-refractivity contribution is -0.126. The number of benzene rings is 3. The minimum Gasteiger partial charge on any atom is -0.497 e. The van der Waals surface area contributed by atoms with Gasteiger partial charge in [0.2, 0.25) is 5.91 Å². The van der Waals surface area contributed by atoms with Crippen molar-refractivity contribution < 1.29 is 19.2 Å². The summed E-state index contributed by atoms with van der Waals surface area (Å²) in [6, 6.07) is 23.7. The molecule has 5 rings (SSSR count). The van der Waals surface area contributed by atoms with Crippen LogP contribution in [0.15, 0.2) is 83.3 Å². The number of carbonyl (C=O) groups excluding carboxylic acids is 2. The maximum atomic E-state index is 13.6. The second-order valence-electron chi connectivity index (χ2n) is 7.43. The zero-order chi connectivity index (χ0) is 21.5. The molecule has 0 spiro atoms. The number of amides is 2. The molecule has 2 heterocycles. The summed E-state index contributed by atoms with van der Waals surface area (Å²) in [6.07, 6.45) is -0.900. The van der Waals surface area contributed by atoms with Crippen LogP contribution in [0.2, 0.25) is 0 Å². The van der Waals surface area contributed by atoms with Gasteiger partial charge in [-0.15, -0.1) is 0 Å². The molecule has 0 radical (unpaired) electrons. The molecule has 0 bridgehead atoms. The predicted octanol–water partition coefficient (Wildman–Crippen LogP) is 4.51. The highest BCUT2D eigenvalue weighted by molar-refractivity contribution is 9.10. The van der Waals surface area contributed by atoms with Gasteiger partial charge in [0, 0.05) is 10.5 Å². The van der Waals surface area contributed by atoms with Crippen molar-refractivity contribution in [3.63, 3.8) is 0 Å². The first-order valence-electron chi connectivity index (χ1n) is 9.87. The summed E-state index contributed by atoms with van der Waals surface area (Å²) in [7, 11) is 1.55. The van der Waals surface area contributed by atoms with E-state index in [-0.39, 0.29) is 11.8 Å². The number of anilines is 2. The standard InChI is InChI=1S/C24H19BrN2O4/c1-30-19-12-6-11-18(14-19)26-23(28)20-21(15-7-5-8-16(25)13-15)27(31-22(20)24(26)29)17-9-3-2-4-10-17/h2-14,20-22H,1H3/t20-,21-,22+/m1/s1. The molecule has 0 aromatic heterocycles. The van der Waals surface area contributed by atoms with E-state index in [9.17, 15) is 9.59 Å². The minimum atomic E-state index is -0.900. The molecule has 0 unspecified atom stereocenters. The van der Waals surface area contributed by atoms with Gasteiger partial charge in [0.15, 0.2) is 6.10 Å². The van der Waals surface area contributed by atoms with E-state index in [0.717, 1.165) is 15.7 Å². The smallest absolute Gasteiger partial charge is 0.266 e. The largest absolute Gasteiger partial charge is 0.497 e. The van der Waals surface area contributed by atoms with Crippen molar-refractivity contribution in [3.8, 4) is 5.75 Å². The van der Waals surface area contributed by atoms with Crippen LogP contribution in [0.25, 0.3) is 0 Å². The number of methoxy groups -OCH3 is 1. The summed E-state index contributed by atoms with van der Waals surface area (Å²) in [5.41, 5.74) is 2.15. The highest BCUT2D eigenvalue weighted by Crippen LogP contribution is 2.48. The van der Waals surface area contributed by atoms with Crippen LogP contribution in [0.5, 0.6) is 5.75 Å². The SMILES string of the molecule is COc1cccc(N2C(=O)[C@H]3[C@H](ON(c4ccccc4)[C@@H]3c3cccc(Br)c3)C2=O)c1. The predicted molar refractivity (Wildman–Crippen MR) is 120 cm³/mol. The lowest BCUT2D eigenvalue weighted by Crippen LogP contribution is -2.37. The van der Waals surface area contributed by atoms with E-state index in [0.29, 0.717) is 11.4 Å². The molecular weight excluding hydrogens is 460 g/mol. The molecule has 3 aromatic rings. The molecule has 0 saturated carbocycles. The Morgan fingerprint density at radius 2 is 1.61 bits per heavy atom. The first-order valence-corrected chi connectivity index (χ1v) is 10.7. The Kier molecular flexibility index (Phi) is 5.00. The molecule has 2 fully saturated rings. The van der Waals surface area contributed by atoms with E-state index in [2.05, 4.69) is 15.9 Å². The summed E-state index contributed by atoms with van der Waals surface area (Å²) >= 11 is 3.51.